The first kappa shape index (κ1) is 20.1. The second kappa shape index (κ2) is 11.4. The first-order valence-electron chi connectivity index (χ1n) is 9.70. The van der Waals surface area contributed by atoms with Crippen molar-refractivity contribution in [2.75, 3.05) is 20.2 Å². The van der Waals surface area contributed by atoms with E-state index in [-0.39, 0.29) is 0 Å². The van der Waals surface area contributed by atoms with E-state index < -0.39 is 0 Å². The second-order valence-electron chi connectivity index (χ2n) is 6.66. The Balaban J connectivity index is 2.06. The fourth-order valence-electron chi connectivity index (χ4n) is 3.00. The van der Waals surface area contributed by atoms with Crippen LogP contribution in [-0.4, -0.2) is 20.2 Å². The summed E-state index contributed by atoms with van der Waals surface area (Å²) in [6.07, 6.45) is 6.15. The van der Waals surface area contributed by atoms with Crippen LogP contribution < -0.4 is 10.1 Å². The standard InChI is InChI=1S/C24H31NO/c1-4-5-6-10-16-25-17-15-22-19-23(26-3)18-20(2)24(22)14-13-21-11-8-7-9-12-21/h7-9,11-12,18-19,25H,4-6,10,15-17H2,1-3H3. The molecular weight excluding hydrogens is 318 g/mol. The van der Waals surface area contributed by atoms with E-state index in [1.807, 2.05) is 30.3 Å². The minimum absolute atomic E-state index is 0.908. The number of benzene rings is 2. The Kier molecular flexibility index (Phi) is 8.79. The normalized spacial score (nSPS) is 10.3. The summed E-state index contributed by atoms with van der Waals surface area (Å²) in [4.78, 5) is 0. The molecule has 2 nitrogen and oxygen atoms in total. The SMILES string of the molecule is CCCCCCNCCc1cc(OC)cc(C)c1C#Cc1ccccc1. The van der Waals surface area contributed by atoms with Crippen LogP contribution in [0.4, 0.5) is 0 Å². The lowest BCUT2D eigenvalue weighted by molar-refractivity contribution is 0.414. The third-order valence-corrected chi connectivity index (χ3v) is 4.51. The molecule has 0 unspecified atom stereocenters. The van der Waals surface area contributed by atoms with Gasteiger partial charge >= 0.3 is 0 Å². The van der Waals surface area contributed by atoms with Crippen molar-refractivity contribution < 1.29 is 4.74 Å². The van der Waals surface area contributed by atoms with Crippen LogP contribution in [0.5, 0.6) is 5.75 Å². The Labute approximate surface area is 159 Å². The van der Waals surface area contributed by atoms with Gasteiger partial charge in [0, 0.05) is 11.1 Å². The van der Waals surface area contributed by atoms with Gasteiger partial charge in [0.1, 0.15) is 5.75 Å². The Hall–Kier alpha value is -2.24. The van der Waals surface area contributed by atoms with Gasteiger partial charge in [0.05, 0.1) is 7.11 Å². The van der Waals surface area contributed by atoms with Crippen molar-refractivity contribution in [3.8, 4) is 17.6 Å². The lowest BCUT2D eigenvalue weighted by Crippen LogP contribution is -2.19. The molecule has 0 aliphatic carbocycles. The van der Waals surface area contributed by atoms with E-state index in [0.717, 1.165) is 36.4 Å². The molecule has 1 N–H and O–H groups in total. The molecule has 0 saturated carbocycles. The van der Waals surface area contributed by atoms with Gasteiger partial charge < -0.3 is 10.1 Å². The maximum atomic E-state index is 5.46. The van der Waals surface area contributed by atoms with Gasteiger partial charge in [-0.2, -0.15) is 0 Å². The molecule has 0 amide bonds. The smallest absolute Gasteiger partial charge is 0.119 e. The molecule has 26 heavy (non-hydrogen) atoms. The molecule has 0 aromatic heterocycles. The van der Waals surface area contributed by atoms with Crippen LogP contribution in [0.3, 0.4) is 0 Å². The first-order valence-corrected chi connectivity index (χ1v) is 9.70. The summed E-state index contributed by atoms with van der Waals surface area (Å²) >= 11 is 0. The molecule has 2 heteroatoms. The Morgan fingerprint density at radius 3 is 2.50 bits per heavy atom. The molecule has 0 spiro atoms. The monoisotopic (exact) mass is 349 g/mol. The number of ether oxygens (including phenoxy) is 1. The van der Waals surface area contributed by atoms with Crippen LogP contribution in [0.2, 0.25) is 0 Å². The minimum atomic E-state index is 0.908. The van der Waals surface area contributed by atoms with E-state index in [1.165, 1.54) is 36.8 Å². The van der Waals surface area contributed by atoms with Crippen LogP contribution >= 0.6 is 0 Å². The highest BCUT2D eigenvalue weighted by molar-refractivity contribution is 5.53. The molecule has 2 aromatic carbocycles. The predicted octanol–water partition coefficient (Wildman–Crippen LogP) is 5.12. The van der Waals surface area contributed by atoms with Crippen molar-refractivity contribution in [3.63, 3.8) is 0 Å². The summed E-state index contributed by atoms with van der Waals surface area (Å²) in [5.74, 6) is 7.59. The quantitative estimate of drug-likeness (QED) is 0.501. The topological polar surface area (TPSA) is 21.3 Å². The van der Waals surface area contributed by atoms with Gasteiger partial charge in [0.2, 0.25) is 0 Å². The molecule has 0 radical (unpaired) electrons. The highest BCUT2D eigenvalue weighted by atomic mass is 16.5. The molecule has 2 aromatic rings. The van der Waals surface area contributed by atoms with Gasteiger partial charge in [0.15, 0.2) is 0 Å². The molecule has 0 fully saturated rings. The first-order chi connectivity index (χ1) is 12.7. The molecule has 0 aliphatic heterocycles. The fourth-order valence-corrected chi connectivity index (χ4v) is 3.00. The van der Waals surface area contributed by atoms with Crippen LogP contribution in [0.15, 0.2) is 42.5 Å². The highest BCUT2D eigenvalue weighted by Crippen LogP contribution is 2.22. The molecule has 0 heterocycles. The fraction of sp³-hybridized carbons (Fsp3) is 0.417. The summed E-state index contributed by atoms with van der Waals surface area (Å²) in [5, 5.41) is 3.56. The van der Waals surface area contributed by atoms with E-state index in [0.29, 0.717) is 0 Å². The van der Waals surface area contributed by atoms with E-state index >= 15 is 0 Å². The van der Waals surface area contributed by atoms with Crippen molar-refractivity contribution >= 4 is 0 Å². The summed E-state index contributed by atoms with van der Waals surface area (Å²) in [6, 6.07) is 14.3. The van der Waals surface area contributed by atoms with Crippen molar-refractivity contribution in [3.05, 3.63) is 64.7 Å². The van der Waals surface area contributed by atoms with E-state index in [2.05, 4.69) is 43.1 Å². The third-order valence-electron chi connectivity index (χ3n) is 4.51. The van der Waals surface area contributed by atoms with Gasteiger partial charge in [-0.25, -0.2) is 0 Å². The number of unbranched alkanes of at least 4 members (excludes halogenated alkanes) is 3. The van der Waals surface area contributed by atoms with Gasteiger partial charge in [-0.05, 0) is 68.2 Å². The molecular formula is C24H31NO. The van der Waals surface area contributed by atoms with E-state index in [1.54, 1.807) is 7.11 Å². The molecule has 0 atom stereocenters. The van der Waals surface area contributed by atoms with Gasteiger partial charge in [-0.15, -0.1) is 0 Å². The largest absolute Gasteiger partial charge is 0.497 e. The van der Waals surface area contributed by atoms with Gasteiger partial charge in [-0.3, -0.25) is 0 Å². The molecule has 0 bridgehead atoms. The van der Waals surface area contributed by atoms with Crippen molar-refractivity contribution in [2.45, 2.75) is 46.0 Å². The second-order valence-corrected chi connectivity index (χ2v) is 6.66. The lowest BCUT2D eigenvalue weighted by atomic mass is 9.98. The number of rotatable bonds is 9. The number of nitrogens with one attached hydrogen (secondary N) is 1. The zero-order valence-corrected chi connectivity index (χ0v) is 16.4. The maximum Gasteiger partial charge on any atom is 0.119 e. The summed E-state index contributed by atoms with van der Waals surface area (Å²) in [5.41, 5.74) is 4.60. The van der Waals surface area contributed by atoms with E-state index in [4.69, 9.17) is 4.74 Å². The van der Waals surface area contributed by atoms with Crippen LogP contribution in [0.25, 0.3) is 0 Å². The Bertz CT molecular complexity index is 725. The van der Waals surface area contributed by atoms with Crippen LogP contribution in [0.1, 0.15) is 54.9 Å². The molecule has 2 rings (SSSR count). The molecule has 0 saturated heterocycles. The van der Waals surface area contributed by atoms with Gasteiger partial charge in [0.25, 0.3) is 0 Å². The number of methoxy groups -OCH3 is 1. The predicted molar refractivity (Wildman–Crippen MR) is 111 cm³/mol. The summed E-state index contributed by atoms with van der Waals surface area (Å²) in [7, 11) is 1.72. The van der Waals surface area contributed by atoms with Crippen LogP contribution in [-0.2, 0) is 6.42 Å². The summed E-state index contributed by atoms with van der Waals surface area (Å²) in [6.45, 7) is 6.42. The minimum Gasteiger partial charge on any atom is -0.497 e. The zero-order valence-electron chi connectivity index (χ0n) is 16.4. The average molecular weight is 350 g/mol. The Morgan fingerprint density at radius 2 is 1.77 bits per heavy atom. The van der Waals surface area contributed by atoms with Crippen molar-refractivity contribution in [1.82, 2.24) is 5.32 Å². The number of aryl methyl sites for hydroxylation is 1. The lowest BCUT2D eigenvalue weighted by Gasteiger charge is -2.12. The number of hydrogen-bond donors (Lipinski definition) is 1. The Morgan fingerprint density at radius 1 is 0.962 bits per heavy atom. The molecule has 138 valence electrons. The maximum absolute atomic E-state index is 5.46. The zero-order chi connectivity index (χ0) is 18.6. The van der Waals surface area contributed by atoms with Gasteiger partial charge in [-0.1, -0.05) is 56.2 Å². The number of hydrogen-bond acceptors (Lipinski definition) is 2. The third kappa shape index (κ3) is 6.58. The van der Waals surface area contributed by atoms with Crippen molar-refractivity contribution in [1.29, 1.82) is 0 Å². The van der Waals surface area contributed by atoms with Crippen LogP contribution in [0, 0.1) is 18.8 Å². The average Bonchev–Trinajstić information content (AvgIpc) is 2.67. The highest BCUT2D eigenvalue weighted by Gasteiger charge is 2.07. The summed E-state index contributed by atoms with van der Waals surface area (Å²) < 4.78 is 5.46. The van der Waals surface area contributed by atoms with E-state index in [9.17, 15) is 0 Å². The van der Waals surface area contributed by atoms with Crippen molar-refractivity contribution in [2.24, 2.45) is 0 Å². The molecule has 0 aliphatic rings.